The van der Waals surface area contributed by atoms with Gasteiger partial charge in [0.15, 0.2) is 0 Å². The maximum Gasteiger partial charge on any atom is 0.405 e. The second-order valence-electron chi connectivity index (χ2n) is 4.42. The number of alkyl halides is 3. The van der Waals surface area contributed by atoms with E-state index in [0.717, 1.165) is 6.07 Å². The monoisotopic (exact) mass is 325 g/mol. The summed E-state index contributed by atoms with van der Waals surface area (Å²) in [6.07, 6.45) is -4.55. The average molecular weight is 325 g/mol. The Bertz CT molecular complexity index is 642. The third-order valence-corrected chi connectivity index (χ3v) is 3.40. The highest BCUT2D eigenvalue weighted by Crippen LogP contribution is 2.24. The molecule has 0 spiro atoms. The predicted molar refractivity (Wildman–Crippen MR) is 70.5 cm³/mol. The van der Waals surface area contributed by atoms with Crippen LogP contribution in [-0.4, -0.2) is 41.1 Å². The third kappa shape index (κ3) is 4.90. The first-order chi connectivity index (χ1) is 9.42. The van der Waals surface area contributed by atoms with Crippen molar-refractivity contribution >= 4 is 21.6 Å². The van der Waals surface area contributed by atoms with Crippen LogP contribution in [0.1, 0.15) is 10.4 Å². The topological polar surface area (TPSA) is 92.5 Å². The van der Waals surface area contributed by atoms with Gasteiger partial charge in [0.25, 0.3) is 5.91 Å². The van der Waals surface area contributed by atoms with Gasteiger partial charge in [0, 0.05) is 19.7 Å². The van der Waals surface area contributed by atoms with Crippen molar-refractivity contribution in [2.75, 3.05) is 25.5 Å². The highest BCUT2D eigenvalue weighted by Gasteiger charge is 2.28. The molecule has 0 bridgehead atoms. The van der Waals surface area contributed by atoms with E-state index in [9.17, 15) is 26.4 Å². The molecule has 0 aliphatic rings. The number of carbonyl (C=O) groups excluding carboxylic acids is 1. The van der Waals surface area contributed by atoms with Crippen LogP contribution in [0.3, 0.4) is 0 Å². The Balaban J connectivity index is 3.15. The summed E-state index contributed by atoms with van der Waals surface area (Å²) in [6, 6.07) is 3.45. The Morgan fingerprint density at radius 3 is 2.33 bits per heavy atom. The Morgan fingerprint density at radius 1 is 1.33 bits per heavy atom. The first kappa shape index (κ1) is 17.2. The molecular weight excluding hydrogens is 311 g/mol. The number of primary sulfonamides is 1. The van der Waals surface area contributed by atoms with Gasteiger partial charge in [-0.2, -0.15) is 13.2 Å². The molecule has 10 heteroatoms. The molecule has 118 valence electrons. The molecule has 0 fully saturated rings. The highest BCUT2D eigenvalue weighted by molar-refractivity contribution is 7.89. The normalized spacial score (nSPS) is 12.1. The van der Waals surface area contributed by atoms with Gasteiger partial charge in [0.2, 0.25) is 10.0 Å². The first-order valence-electron chi connectivity index (χ1n) is 5.61. The van der Waals surface area contributed by atoms with Crippen molar-refractivity contribution < 1.29 is 26.4 Å². The van der Waals surface area contributed by atoms with E-state index in [0.29, 0.717) is 0 Å². The molecule has 0 aromatic heterocycles. The van der Waals surface area contributed by atoms with Crippen molar-refractivity contribution in [3.63, 3.8) is 0 Å². The summed E-state index contributed by atoms with van der Waals surface area (Å²) < 4.78 is 59.1. The molecular formula is C11H14F3N3O3S. The van der Waals surface area contributed by atoms with Crippen LogP contribution in [0.4, 0.5) is 18.9 Å². The lowest BCUT2D eigenvalue weighted by atomic mass is 10.2. The summed E-state index contributed by atoms with van der Waals surface area (Å²) in [5, 5.41) is 6.69. The number of benzene rings is 1. The Labute approximate surface area is 119 Å². The lowest BCUT2D eigenvalue weighted by Crippen LogP contribution is -2.33. The lowest BCUT2D eigenvalue weighted by molar-refractivity contribution is -0.123. The number of hydrogen-bond acceptors (Lipinski definition) is 4. The molecule has 21 heavy (non-hydrogen) atoms. The van der Waals surface area contributed by atoms with Crippen LogP contribution in [-0.2, 0) is 10.0 Å². The van der Waals surface area contributed by atoms with Gasteiger partial charge < -0.3 is 10.2 Å². The smallest absolute Gasteiger partial charge is 0.377 e. The molecule has 1 rings (SSSR count). The second kappa shape index (κ2) is 5.90. The van der Waals surface area contributed by atoms with Crippen LogP contribution >= 0.6 is 0 Å². The van der Waals surface area contributed by atoms with Crippen molar-refractivity contribution in [1.29, 1.82) is 0 Å². The Kier molecular flexibility index (Phi) is 4.84. The Hall–Kier alpha value is -1.81. The number of sulfonamides is 1. The van der Waals surface area contributed by atoms with Gasteiger partial charge in [0.1, 0.15) is 11.4 Å². The predicted octanol–water partition coefficient (Wildman–Crippen LogP) is 0.692. The minimum Gasteiger partial charge on any atom is -0.377 e. The summed E-state index contributed by atoms with van der Waals surface area (Å²) in [6.45, 7) is -1.51. The van der Waals surface area contributed by atoms with Crippen molar-refractivity contribution in [3.8, 4) is 0 Å². The molecule has 1 aromatic rings. The molecule has 6 nitrogen and oxygen atoms in total. The fraction of sp³-hybridized carbons (Fsp3) is 0.364. The van der Waals surface area contributed by atoms with E-state index in [1.54, 1.807) is 19.4 Å². The van der Waals surface area contributed by atoms with E-state index in [4.69, 9.17) is 5.14 Å². The molecule has 0 saturated carbocycles. The van der Waals surface area contributed by atoms with Crippen LogP contribution in [0.5, 0.6) is 0 Å². The summed E-state index contributed by atoms with van der Waals surface area (Å²) in [5.74, 6) is -1.04. The van der Waals surface area contributed by atoms with Crippen molar-refractivity contribution in [3.05, 3.63) is 23.8 Å². The summed E-state index contributed by atoms with van der Waals surface area (Å²) in [5.41, 5.74) is -0.00116. The molecule has 0 saturated heterocycles. The van der Waals surface area contributed by atoms with Gasteiger partial charge in [-0.1, -0.05) is 0 Å². The largest absolute Gasteiger partial charge is 0.405 e. The summed E-state index contributed by atoms with van der Waals surface area (Å²) in [7, 11) is -0.996. The minimum absolute atomic E-state index is 0.227. The third-order valence-electron chi connectivity index (χ3n) is 2.46. The van der Waals surface area contributed by atoms with Crippen LogP contribution < -0.4 is 15.4 Å². The number of nitrogens with two attached hydrogens (primary N) is 1. The zero-order valence-electron chi connectivity index (χ0n) is 11.2. The van der Waals surface area contributed by atoms with E-state index < -0.39 is 28.7 Å². The maximum atomic E-state index is 12.0. The van der Waals surface area contributed by atoms with E-state index in [2.05, 4.69) is 0 Å². The van der Waals surface area contributed by atoms with Crippen LogP contribution in [0.15, 0.2) is 23.1 Å². The molecule has 1 amide bonds. The number of amides is 1. The standard InChI is InChI=1S/C11H14F3N3O3S/c1-17(2)8-4-3-7(5-9(8)21(15,19)20)10(18)16-6-11(12,13)14/h3-5H,6H2,1-2H3,(H,16,18)(H2,15,19,20). The molecule has 3 N–H and O–H groups in total. The van der Waals surface area contributed by atoms with Crippen molar-refractivity contribution in [1.82, 2.24) is 5.32 Å². The Morgan fingerprint density at radius 2 is 1.90 bits per heavy atom. The van der Waals surface area contributed by atoms with Crippen LogP contribution in [0.25, 0.3) is 0 Å². The number of carbonyl (C=O) groups is 1. The van der Waals surface area contributed by atoms with Gasteiger partial charge in [-0.3, -0.25) is 4.79 Å². The zero-order chi connectivity index (χ0) is 16.4. The lowest BCUT2D eigenvalue weighted by Gasteiger charge is -2.17. The maximum absolute atomic E-state index is 12.0. The number of nitrogens with one attached hydrogen (secondary N) is 1. The van der Waals surface area contributed by atoms with Gasteiger partial charge in [0.05, 0.1) is 5.69 Å². The minimum atomic E-state index is -4.55. The summed E-state index contributed by atoms with van der Waals surface area (Å²) >= 11 is 0. The van der Waals surface area contributed by atoms with Gasteiger partial charge >= 0.3 is 6.18 Å². The molecule has 0 aliphatic carbocycles. The number of rotatable bonds is 4. The molecule has 0 radical (unpaired) electrons. The van der Waals surface area contributed by atoms with E-state index >= 15 is 0 Å². The quantitative estimate of drug-likeness (QED) is 0.852. The number of nitrogens with zero attached hydrogens (tertiary/aromatic N) is 1. The van der Waals surface area contributed by atoms with E-state index in [1.807, 2.05) is 0 Å². The first-order valence-corrected chi connectivity index (χ1v) is 7.15. The van der Waals surface area contributed by atoms with E-state index in [-0.39, 0.29) is 16.1 Å². The molecule has 0 unspecified atom stereocenters. The van der Waals surface area contributed by atoms with Crippen molar-refractivity contribution in [2.24, 2.45) is 5.14 Å². The number of anilines is 1. The van der Waals surface area contributed by atoms with Gasteiger partial charge in [-0.05, 0) is 18.2 Å². The fourth-order valence-electron chi connectivity index (χ4n) is 1.54. The molecule has 1 aromatic carbocycles. The molecule has 0 aliphatic heterocycles. The van der Waals surface area contributed by atoms with Gasteiger partial charge in [-0.25, -0.2) is 13.6 Å². The van der Waals surface area contributed by atoms with Crippen molar-refractivity contribution in [2.45, 2.75) is 11.1 Å². The second-order valence-corrected chi connectivity index (χ2v) is 5.95. The van der Waals surface area contributed by atoms with Crippen LogP contribution in [0, 0.1) is 0 Å². The highest BCUT2D eigenvalue weighted by atomic mass is 32.2. The average Bonchev–Trinajstić information content (AvgIpc) is 2.33. The number of hydrogen-bond donors (Lipinski definition) is 2. The van der Waals surface area contributed by atoms with E-state index in [1.165, 1.54) is 17.0 Å². The fourth-order valence-corrected chi connectivity index (χ4v) is 2.37. The SMILES string of the molecule is CN(C)c1ccc(C(=O)NCC(F)(F)F)cc1S(N)(=O)=O. The zero-order valence-corrected chi connectivity index (χ0v) is 12.0. The number of halogens is 3. The summed E-state index contributed by atoms with van der Waals surface area (Å²) in [4.78, 5) is 12.7. The van der Waals surface area contributed by atoms with Gasteiger partial charge in [-0.15, -0.1) is 0 Å². The molecule has 0 atom stereocenters. The van der Waals surface area contributed by atoms with Crippen LogP contribution in [0.2, 0.25) is 0 Å². The molecule has 0 heterocycles.